The van der Waals surface area contributed by atoms with Crippen LogP contribution in [0.3, 0.4) is 0 Å². The molecule has 0 radical (unpaired) electrons. The number of hydrogen-bond donors (Lipinski definition) is 1. The monoisotopic (exact) mass is 257 g/mol. The molecular formula is C14H12ClN3. The van der Waals surface area contributed by atoms with E-state index in [4.69, 9.17) is 11.6 Å². The van der Waals surface area contributed by atoms with E-state index in [0.717, 1.165) is 28.6 Å². The summed E-state index contributed by atoms with van der Waals surface area (Å²) in [6.07, 6.45) is 6.31. The highest BCUT2D eigenvalue weighted by molar-refractivity contribution is 6.30. The molecule has 3 nitrogen and oxygen atoms in total. The van der Waals surface area contributed by atoms with Crippen LogP contribution in [0.2, 0.25) is 5.15 Å². The van der Waals surface area contributed by atoms with Crippen molar-refractivity contribution < 1.29 is 0 Å². The fraction of sp³-hybridized carbons (Fsp3) is 0.143. The third-order valence-corrected chi connectivity index (χ3v) is 3.31. The topological polar surface area (TPSA) is 41.6 Å². The summed E-state index contributed by atoms with van der Waals surface area (Å²) in [6, 6.07) is 6.04. The van der Waals surface area contributed by atoms with Gasteiger partial charge in [0, 0.05) is 30.4 Å². The molecule has 0 unspecified atom stereocenters. The number of nitrogens with zero attached hydrogens (tertiary/aromatic N) is 2. The Morgan fingerprint density at radius 2 is 2.17 bits per heavy atom. The minimum absolute atomic E-state index is 0.562. The molecular weight excluding hydrogens is 246 g/mol. The van der Waals surface area contributed by atoms with Gasteiger partial charge in [-0.1, -0.05) is 17.7 Å². The third kappa shape index (κ3) is 1.97. The van der Waals surface area contributed by atoms with Crippen LogP contribution in [0, 0.1) is 6.92 Å². The Bertz CT molecular complexity index is 703. The molecule has 90 valence electrons. The summed E-state index contributed by atoms with van der Waals surface area (Å²) in [5, 5.41) is 1.71. The van der Waals surface area contributed by atoms with E-state index in [9.17, 15) is 0 Å². The first-order valence-corrected chi connectivity index (χ1v) is 6.14. The second-order valence-corrected chi connectivity index (χ2v) is 4.71. The SMILES string of the molecule is Cc1cnc2[nH]cc(Cc3cccnc3Cl)c2c1. The number of aromatic nitrogens is 3. The van der Waals surface area contributed by atoms with Crippen molar-refractivity contribution >= 4 is 22.6 Å². The van der Waals surface area contributed by atoms with Gasteiger partial charge >= 0.3 is 0 Å². The molecule has 0 amide bonds. The normalized spacial score (nSPS) is 11.0. The summed E-state index contributed by atoms with van der Waals surface area (Å²) in [7, 11) is 0. The van der Waals surface area contributed by atoms with Crippen LogP contribution in [-0.2, 0) is 6.42 Å². The smallest absolute Gasteiger partial charge is 0.137 e. The molecule has 0 aliphatic carbocycles. The molecule has 3 aromatic heterocycles. The molecule has 0 fully saturated rings. The third-order valence-electron chi connectivity index (χ3n) is 2.97. The van der Waals surface area contributed by atoms with E-state index in [2.05, 4.69) is 21.0 Å². The van der Waals surface area contributed by atoms with Crippen LogP contribution in [0.5, 0.6) is 0 Å². The van der Waals surface area contributed by atoms with Crippen LogP contribution in [0.4, 0.5) is 0 Å². The van der Waals surface area contributed by atoms with Crippen molar-refractivity contribution in [1.29, 1.82) is 0 Å². The predicted molar refractivity (Wildman–Crippen MR) is 72.9 cm³/mol. The van der Waals surface area contributed by atoms with E-state index in [-0.39, 0.29) is 0 Å². The van der Waals surface area contributed by atoms with Gasteiger partial charge in [-0.2, -0.15) is 0 Å². The fourth-order valence-corrected chi connectivity index (χ4v) is 2.25. The van der Waals surface area contributed by atoms with Crippen molar-refractivity contribution in [1.82, 2.24) is 15.0 Å². The van der Waals surface area contributed by atoms with E-state index in [1.54, 1.807) is 6.20 Å². The molecule has 0 spiro atoms. The lowest BCUT2D eigenvalue weighted by atomic mass is 10.1. The van der Waals surface area contributed by atoms with Gasteiger partial charge in [-0.15, -0.1) is 0 Å². The van der Waals surface area contributed by atoms with Crippen LogP contribution in [-0.4, -0.2) is 15.0 Å². The van der Waals surface area contributed by atoms with Gasteiger partial charge in [-0.3, -0.25) is 0 Å². The number of halogens is 1. The minimum atomic E-state index is 0.562. The summed E-state index contributed by atoms with van der Waals surface area (Å²) in [5.74, 6) is 0. The van der Waals surface area contributed by atoms with Crippen LogP contribution in [0.15, 0.2) is 36.8 Å². The zero-order chi connectivity index (χ0) is 12.5. The number of fused-ring (bicyclic) bond motifs is 1. The molecule has 0 saturated carbocycles. The van der Waals surface area contributed by atoms with Gasteiger partial charge in [0.15, 0.2) is 0 Å². The maximum atomic E-state index is 6.09. The lowest BCUT2D eigenvalue weighted by Gasteiger charge is -2.02. The predicted octanol–water partition coefficient (Wildman–Crippen LogP) is 3.51. The largest absolute Gasteiger partial charge is 0.346 e. The fourth-order valence-electron chi connectivity index (χ4n) is 2.06. The summed E-state index contributed by atoms with van der Waals surface area (Å²) in [5.41, 5.74) is 4.29. The molecule has 0 bridgehead atoms. The highest BCUT2D eigenvalue weighted by Gasteiger charge is 2.08. The van der Waals surface area contributed by atoms with E-state index in [0.29, 0.717) is 5.15 Å². The Hall–Kier alpha value is -1.87. The molecule has 3 aromatic rings. The van der Waals surface area contributed by atoms with Crippen LogP contribution in [0.25, 0.3) is 11.0 Å². The zero-order valence-electron chi connectivity index (χ0n) is 9.94. The first-order chi connectivity index (χ1) is 8.74. The van der Waals surface area contributed by atoms with Crippen molar-refractivity contribution in [2.75, 3.05) is 0 Å². The molecule has 4 heteroatoms. The Labute approximate surface area is 110 Å². The average molecular weight is 258 g/mol. The standard InChI is InChI=1S/C14H12ClN3/c1-9-5-12-11(8-18-14(12)17-7-9)6-10-3-2-4-16-13(10)15/h2-5,7-8H,6H2,1H3,(H,17,18). The second kappa shape index (κ2) is 4.42. The molecule has 0 aliphatic rings. The molecule has 18 heavy (non-hydrogen) atoms. The van der Waals surface area contributed by atoms with Crippen molar-refractivity contribution in [2.24, 2.45) is 0 Å². The summed E-state index contributed by atoms with van der Waals surface area (Å²) in [4.78, 5) is 11.6. The Morgan fingerprint density at radius 1 is 1.28 bits per heavy atom. The number of pyridine rings is 2. The van der Waals surface area contributed by atoms with Gasteiger partial charge < -0.3 is 4.98 Å². The van der Waals surface area contributed by atoms with Gasteiger partial charge in [-0.05, 0) is 35.7 Å². The van der Waals surface area contributed by atoms with Crippen molar-refractivity contribution in [3.05, 3.63) is 58.6 Å². The van der Waals surface area contributed by atoms with E-state index < -0.39 is 0 Å². The highest BCUT2D eigenvalue weighted by Crippen LogP contribution is 2.23. The van der Waals surface area contributed by atoms with E-state index in [1.807, 2.05) is 31.5 Å². The van der Waals surface area contributed by atoms with Crippen molar-refractivity contribution in [3.8, 4) is 0 Å². The first-order valence-electron chi connectivity index (χ1n) is 5.76. The van der Waals surface area contributed by atoms with Crippen LogP contribution >= 0.6 is 11.6 Å². The molecule has 3 heterocycles. The van der Waals surface area contributed by atoms with Gasteiger partial charge in [0.1, 0.15) is 10.8 Å². The molecule has 0 aromatic carbocycles. The average Bonchev–Trinajstić information content (AvgIpc) is 2.75. The Kier molecular flexibility index (Phi) is 2.76. The van der Waals surface area contributed by atoms with E-state index in [1.165, 1.54) is 5.56 Å². The number of aryl methyl sites for hydroxylation is 1. The maximum Gasteiger partial charge on any atom is 0.137 e. The van der Waals surface area contributed by atoms with Crippen LogP contribution in [0.1, 0.15) is 16.7 Å². The maximum absolute atomic E-state index is 6.09. The number of aromatic amines is 1. The number of hydrogen-bond acceptors (Lipinski definition) is 2. The molecule has 0 aliphatic heterocycles. The van der Waals surface area contributed by atoms with Crippen molar-refractivity contribution in [2.45, 2.75) is 13.3 Å². The lowest BCUT2D eigenvalue weighted by Crippen LogP contribution is -1.90. The van der Waals surface area contributed by atoms with Gasteiger partial charge in [0.2, 0.25) is 0 Å². The number of H-pyrrole nitrogens is 1. The molecule has 0 saturated heterocycles. The number of rotatable bonds is 2. The van der Waals surface area contributed by atoms with Gasteiger partial charge in [-0.25, -0.2) is 9.97 Å². The number of nitrogens with one attached hydrogen (secondary N) is 1. The van der Waals surface area contributed by atoms with Crippen molar-refractivity contribution in [3.63, 3.8) is 0 Å². The van der Waals surface area contributed by atoms with Crippen LogP contribution < -0.4 is 0 Å². The Morgan fingerprint density at radius 3 is 3.00 bits per heavy atom. The summed E-state index contributed by atoms with van der Waals surface area (Å²) >= 11 is 6.09. The van der Waals surface area contributed by atoms with Gasteiger partial charge in [0.05, 0.1) is 0 Å². The quantitative estimate of drug-likeness (QED) is 0.714. The van der Waals surface area contributed by atoms with Gasteiger partial charge in [0.25, 0.3) is 0 Å². The Balaban J connectivity index is 2.05. The molecule has 3 rings (SSSR count). The lowest BCUT2D eigenvalue weighted by molar-refractivity contribution is 1.15. The molecule has 0 atom stereocenters. The first kappa shape index (κ1) is 11.2. The van der Waals surface area contributed by atoms with E-state index >= 15 is 0 Å². The minimum Gasteiger partial charge on any atom is -0.346 e. The zero-order valence-corrected chi connectivity index (χ0v) is 10.7. The second-order valence-electron chi connectivity index (χ2n) is 4.35. The molecule has 1 N–H and O–H groups in total. The highest BCUT2D eigenvalue weighted by atomic mass is 35.5. The summed E-state index contributed by atoms with van der Waals surface area (Å²) < 4.78 is 0. The summed E-state index contributed by atoms with van der Waals surface area (Å²) in [6.45, 7) is 2.04.